The maximum absolute atomic E-state index is 12.1. The van der Waals surface area contributed by atoms with Crippen LogP contribution in [0.4, 0.5) is 0 Å². The number of guanidine groups is 1. The minimum atomic E-state index is -0.0929. The van der Waals surface area contributed by atoms with E-state index in [0.717, 1.165) is 30.6 Å². The van der Waals surface area contributed by atoms with Crippen molar-refractivity contribution in [1.82, 2.24) is 15.5 Å². The summed E-state index contributed by atoms with van der Waals surface area (Å²) in [5.74, 6) is 1.60. The third-order valence-electron chi connectivity index (χ3n) is 5.90. The Labute approximate surface area is 205 Å². The first-order valence-electron chi connectivity index (χ1n) is 10.6. The van der Waals surface area contributed by atoms with Crippen molar-refractivity contribution in [1.29, 1.82) is 0 Å². The molecular weight excluding hydrogens is 523 g/mol. The summed E-state index contributed by atoms with van der Waals surface area (Å²) in [7, 11) is 3.51. The van der Waals surface area contributed by atoms with Gasteiger partial charge in [0.2, 0.25) is 5.91 Å². The molecule has 2 N–H and O–H groups in total. The van der Waals surface area contributed by atoms with Gasteiger partial charge in [0.1, 0.15) is 17.9 Å². The lowest BCUT2D eigenvalue weighted by Crippen LogP contribution is -2.46. The summed E-state index contributed by atoms with van der Waals surface area (Å²) >= 11 is 1.70. The van der Waals surface area contributed by atoms with Crippen LogP contribution in [0.25, 0.3) is 0 Å². The highest BCUT2D eigenvalue weighted by Crippen LogP contribution is 2.46. The van der Waals surface area contributed by atoms with Crippen LogP contribution in [-0.4, -0.2) is 43.0 Å². The number of ether oxygens (including phenoxy) is 1. The van der Waals surface area contributed by atoms with Gasteiger partial charge in [-0.25, -0.2) is 4.99 Å². The average Bonchev–Trinajstić information content (AvgIpc) is 3.42. The Bertz CT molecular complexity index is 895. The van der Waals surface area contributed by atoms with Gasteiger partial charge in [0.15, 0.2) is 5.96 Å². The molecule has 0 saturated heterocycles. The lowest BCUT2D eigenvalue weighted by molar-refractivity contribution is -0.127. The Balaban J connectivity index is 0.00000272. The van der Waals surface area contributed by atoms with Crippen molar-refractivity contribution >= 4 is 47.2 Å². The molecule has 2 aliphatic rings. The maximum Gasteiger partial charge on any atom is 0.243 e. The molecule has 1 aliphatic heterocycles. The van der Waals surface area contributed by atoms with E-state index in [9.17, 15) is 4.79 Å². The summed E-state index contributed by atoms with van der Waals surface area (Å²) in [6.07, 6.45) is 5.51. The number of halogens is 1. The van der Waals surface area contributed by atoms with Gasteiger partial charge in [-0.3, -0.25) is 4.79 Å². The van der Waals surface area contributed by atoms with E-state index >= 15 is 0 Å². The number of aliphatic imine (C=N–C) groups is 1. The molecule has 1 aliphatic carbocycles. The van der Waals surface area contributed by atoms with E-state index < -0.39 is 0 Å². The second kappa shape index (κ2) is 10.7. The normalized spacial score (nSPS) is 19.2. The van der Waals surface area contributed by atoms with E-state index in [4.69, 9.17) is 4.74 Å². The number of nitrogens with one attached hydrogen (secondary N) is 2. The van der Waals surface area contributed by atoms with Crippen LogP contribution in [-0.2, 0) is 11.3 Å². The van der Waals surface area contributed by atoms with E-state index in [2.05, 4.69) is 45.3 Å². The topological polar surface area (TPSA) is 66.0 Å². The number of amides is 1. The minimum absolute atomic E-state index is 0. The highest BCUT2D eigenvalue weighted by molar-refractivity contribution is 14.0. The molecule has 2 aromatic rings. The van der Waals surface area contributed by atoms with Crippen LogP contribution in [0.2, 0.25) is 0 Å². The zero-order chi connectivity index (χ0) is 21.0. The summed E-state index contributed by atoms with van der Waals surface area (Å²) in [4.78, 5) is 19.5. The highest BCUT2D eigenvalue weighted by atomic mass is 127. The van der Waals surface area contributed by atoms with E-state index in [1.54, 1.807) is 30.3 Å². The van der Waals surface area contributed by atoms with Gasteiger partial charge >= 0.3 is 0 Å². The number of para-hydroxylation sites is 1. The minimum Gasteiger partial charge on any atom is -0.487 e. The van der Waals surface area contributed by atoms with Crippen molar-refractivity contribution in [2.45, 2.75) is 50.3 Å². The Kier molecular flexibility index (Phi) is 8.21. The van der Waals surface area contributed by atoms with E-state index in [-0.39, 0.29) is 48.1 Å². The Morgan fingerprint density at radius 1 is 1.23 bits per heavy atom. The molecule has 1 amide bonds. The first kappa shape index (κ1) is 23.8. The highest BCUT2D eigenvalue weighted by Gasteiger charge is 2.43. The van der Waals surface area contributed by atoms with Crippen LogP contribution in [0.5, 0.6) is 5.75 Å². The van der Waals surface area contributed by atoms with E-state index in [1.165, 1.54) is 17.7 Å². The number of rotatable bonds is 5. The SMILES string of the molecule is CN(C)C(=O)CN=C(NCc1cccs1)NC1CC2(CCCC2)Oc2ccccc21.I. The number of fused-ring (bicyclic) bond motifs is 1. The molecule has 0 radical (unpaired) electrons. The van der Waals surface area contributed by atoms with Crippen LogP contribution < -0.4 is 15.4 Å². The van der Waals surface area contributed by atoms with Crippen molar-refractivity contribution in [3.63, 3.8) is 0 Å². The molecule has 8 heteroatoms. The molecule has 0 bridgehead atoms. The summed E-state index contributed by atoms with van der Waals surface area (Å²) in [5.41, 5.74) is 1.06. The molecule has 1 unspecified atom stereocenters. The molecule has 1 saturated carbocycles. The van der Waals surface area contributed by atoms with Gasteiger partial charge in [0, 0.05) is 31.0 Å². The summed E-state index contributed by atoms with van der Waals surface area (Å²) in [6.45, 7) is 0.790. The third-order valence-corrected chi connectivity index (χ3v) is 6.78. The Hall–Kier alpha value is -1.81. The Morgan fingerprint density at radius 2 is 2.00 bits per heavy atom. The standard InChI is InChI=1S/C23H30N4O2S.HI/c1-27(2)21(28)16-25-22(24-15-17-8-7-13-30-17)26-19-14-23(11-5-6-12-23)29-20-10-4-3-9-18(19)20;/h3-4,7-10,13,19H,5-6,11-12,14-16H2,1-2H3,(H2,24,25,26);1H. The predicted molar refractivity (Wildman–Crippen MR) is 136 cm³/mol. The lowest BCUT2D eigenvalue weighted by atomic mass is 9.86. The summed E-state index contributed by atoms with van der Waals surface area (Å²) in [5, 5.41) is 9.09. The van der Waals surface area contributed by atoms with Gasteiger partial charge in [-0.2, -0.15) is 0 Å². The Morgan fingerprint density at radius 3 is 2.71 bits per heavy atom. The predicted octanol–water partition coefficient (Wildman–Crippen LogP) is 4.33. The van der Waals surface area contributed by atoms with Crippen molar-refractivity contribution in [3.05, 3.63) is 52.2 Å². The van der Waals surface area contributed by atoms with Gasteiger partial charge in [-0.1, -0.05) is 24.3 Å². The molecule has 1 atom stereocenters. The first-order valence-corrected chi connectivity index (χ1v) is 11.5. The van der Waals surface area contributed by atoms with Gasteiger partial charge in [-0.05, 0) is 43.2 Å². The van der Waals surface area contributed by atoms with Gasteiger partial charge in [-0.15, -0.1) is 35.3 Å². The van der Waals surface area contributed by atoms with Gasteiger partial charge in [0.25, 0.3) is 0 Å². The smallest absolute Gasteiger partial charge is 0.243 e. The molecule has 4 rings (SSSR count). The van der Waals surface area contributed by atoms with Crippen LogP contribution in [0.15, 0.2) is 46.8 Å². The fraction of sp³-hybridized carbons (Fsp3) is 0.478. The molecule has 6 nitrogen and oxygen atoms in total. The van der Waals surface area contributed by atoms with Crippen molar-refractivity contribution < 1.29 is 9.53 Å². The number of benzene rings is 1. The van der Waals surface area contributed by atoms with Crippen molar-refractivity contribution in [2.24, 2.45) is 4.99 Å². The largest absolute Gasteiger partial charge is 0.487 e. The molecule has 1 aromatic heterocycles. The first-order chi connectivity index (χ1) is 14.5. The second-order valence-electron chi connectivity index (χ2n) is 8.32. The fourth-order valence-corrected chi connectivity index (χ4v) is 4.91. The van der Waals surface area contributed by atoms with Crippen LogP contribution in [0, 0.1) is 0 Å². The van der Waals surface area contributed by atoms with E-state index in [1.807, 2.05) is 12.1 Å². The van der Waals surface area contributed by atoms with Crippen LogP contribution >= 0.6 is 35.3 Å². The number of hydrogen-bond acceptors (Lipinski definition) is 4. The molecule has 168 valence electrons. The van der Waals surface area contributed by atoms with Gasteiger partial charge in [0.05, 0.1) is 12.6 Å². The zero-order valence-electron chi connectivity index (χ0n) is 18.1. The monoisotopic (exact) mass is 554 g/mol. The lowest BCUT2D eigenvalue weighted by Gasteiger charge is -2.40. The molecule has 1 fully saturated rings. The number of carbonyl (C=O) groups is 1. The second-order valence-corrected chi connectivity index (χ2v) is 9.35. The number of likely N-dealkylation sites (N-methyl/N-ethyl adjacent to an activating group) is 1. The fourth-order valence-electron chi connectivity index (χ4n) is 4.26. The molecular formula is C23H31IN4O2S. The number of thiophene rings is 1. The molecule has 1 aromatic carbocycles. The molecule has 31 heavy (non-hydrogen) atoms. The van der Waals surface area contributed by atoms with Crippen molar-refractivity contribution in [2.75, 3.05) is 20.6 Å². The third kappa shape index (κ3) is 5.91. The zero-order valence-corrected chi connectivity index (χ0v) is 21.2. The number of nitrogens with zero attached hydrogens (tertiary/aromatic N) is 2. The average molecular weight is 554 g/mol. The number of hydrogen-bond donors (Lipinski definition) is 2. The van der Waals surface area contributed by atoms with E-state index in [0.29, 0.717) is 12.5 Å². The quantitative estimate of drug-likeness (QED) is 0.328. The van der Waals surface area contributed by atoms with Crippen LogP contribution in [0.3, 0.4) is 0 Å². The number of carbonyl (C=O) groups excluding carboxylic acids is 1. The van der Waals surface area contributed by atoms with Crippen molar-refractivity contribution in [3.8, 4) is 5.75 Å². The molecule has 1 spiro atoms. The maximum atomic E-state index is 12.1. The summed E-state index contributed by atoms with van der Waals surface area (Å²) in [6, 6.07) is 12.5. The van der Waals surface area contributed by atoms with Gasteiger partial charge < -0.3 is 20.3 Å². The summed E-state index contributed by atoms with van der Waals surface area (Å²) < 4.78 is 6.48. The van der Waals surface area contributed by atoms with Crippen LogP contribution in [0.1, 0.15) is 48.6 Å². The molecule has 2 heterocycles.